The van der Waals surface area contributed by atoms with E-state index in [1.807, 2.05) is 6.07 Å². The zero-order valence-electron chi connectivity index (χ0n) is 13.6. The lowest BCUT2D eigenvalue weighted by Gasteiger charge is -2.40. The molecule has 124 valence electrons. The number of carbonyl (C=O) groups excluding carboxylic acids is 1. The fraction of sp³-hybridized carbons (Fsp3) is 0.350. The summed E-state index contributed by atoms with van der Waals surface area (Å²) in [5.74, 6) is -0.268. The van der Waals surface area contributed by atoms with E-state index in [2.05, 4.69) is 28.8 Å². The molecular weight excluding hydrogens is 303 g/mol. The highest BCUT2D eigenvalue weighted by Gasteiger charge is 2.45. The van der Waals surface area contributed by atoms with Gasteiger partial charge in [0, 0.05) is 19.6 Å². The number of amides is 1. The highest BCUT2D eigenvalue weighted by molar-refractivity contribution is 5.89. The Hall–Kier alpha value is -2.20. The van der Waals surface area contributed by atoms with Gasteiger partial charge in [0.2, 0.25) is 5.91 Å². The summed E-state index contributed by atoms with van der Waals surface area (Å²) in [6.45, 7) is 2.33. The van der Waals surface area contributed by atoms with Gasteiger partial charge in [-0.1, -0.05) is 36.8 Å². The van der Waals surface area contributed by atoms with Gasteiger partial charge in [0.1, 0.15) is 5.82 Å². The maximum Gasteiger partial charge on any atom is 0.230 e. The summed E-state index contributed by atoms with van der Waals surface area (Å²) in [4.78, 5) is 12.8. The minimum Gasteiger partial charge on any atom is -0.351 e. The number of hydrogen-bond acceptors (Lipinski definition) is 2. The van der Waals surface area contributed by atoms with E-state index < -0.39 is 5.41 Å². The molecule has 2 aromatic carbocycles. The minimum atomic E-state index is -0.555. The van der Waals surface area contributed by atoms with Crippen LogP contribution in [0, 0.1) is 5.82 Å². The normalized spacial score (nSPS) is 17.9. The van der Waals surface area contributed by atoms with Crippen LogP contribution in [0.5, 0.6) is 0 Å². The first-order valence-corrected chi connectivity index (χ1v) is 8.53. The molecular formula is C20H21FN2O. The molecule has 2 aromatic rings. The molecule has 3 nitrogen and oxygen atoms in total. The van der Waals surface area contributed by atoms with Crippen molar-refractivity contribution in [1.82, 2.24) is 10.6 Å². The third-order valence-electron chi connectivity index (χ3n) is 5.37. The van der Waals surface area contributed by atoms with Crippen molar-refractivity contribution in [2.45, 2.75) is 44.3 Å². The monoisotopic (exact) mass is 324 g/mol. The standard InChI is InChI=1S/C20H21FN2O/c21-18-4-1-3-17(10-18)20(7-2-8-20)19(24)23-11-14-5-6-15-12-22-13-16(15)9-14/h1,3-6,9-10,22H,2,7-8,11-13H2,(H,23,24). The van der Waals surface area contributed by atoms with E-state index in [9.17, 15) is 9.18 Å². The second kappa shape index (κ2) is 6.02. The Morgan fingerprint density at radius 1 is 1.12 bits per heavy atom. The van der Waals surface area contributed by atoms with Crippen LogP contribution < -0.4 is 10.6 Å². The van der Waals surface area contributed by atoms with Gasteiger partial charge in [-0.3, -0.25) is 4.79 Å². The molecule has 1 heterocycles. The number of benzene rings is 2. The van der Waals surface area contributed by atoms with Crippen molar-refractivity contribution in [2.75, 3.05) is 0 Å². The van der Waals surface area contributed by atoms with E-state index in [0.29, 0.717) is 6.54 Å². The molecule has 0 unspecified atom stereocenters. The molecule has 4 heteroatoms. The van der Waals surface area contributed by atoms with Crippen molar-refractivity contribution in [1.29, 1.82) is 0 Å². The molecule has 0 spiro atoms. The van der Waals surface area contributed by atoms with E-state index >= 15 is 0 Å². The first kappa shape index (κ1) is 15.3. The van der Waals surface area contributed by atoms with Crippen LogP contribution in [0.4, 0.5) is 4.39 Å². The summed E-state index contributed by atoms with van der Waals surface area (Å²) >= 11 is 0. The van der Waals surface area contributed by atoms with Crippen LogP contribution in [0.25, 0.3) is 0 Å². The molecule has 0 radical (unpaired) electrons. The number of rotatable bonds is 4. The van der Waals surface area contributed by atoms with Crippen LogP contribution >= 0.6 is 0 Å². The van der Waals surface area contributed by atoms with Crippen LogP contribution in [0.1, 0.15) is 41.5 Å². The van der Waals surface area contributed by atoms with E-state index in [-0.39, 0.29) is 11.7 Å². The molecule has 1 fully saturated rings. The van der Waals surface area contributed by atoms with Gasteiger partial charge in [-0.25, -0.2) is 4.39 Å². The fourth-order valence-corrected chi connectivity index (χ4v) is 3.77. The highest BCUT2D eigenvalue weighted by atomic mass is 19.1. The smallest absolute Gasteiger partial charge is 0.230 e. The molecule has 1 saturated carbocycles. The molecule has 0 saturated heterocycles. The molecule has 0 atom stereocenters. The van der Waals surface area contributed by atoms with Gasteiger partial charge in [0.25, 0.3) is 0 Å². The fourth-order valence-electron chi connectivity index (χ4n) is 3.77. The van der Waals surface area contributed by atoms with Crippen LogP contribution in [-0.2, 0) is 29.8 Å². The highest BCUT2D eigenvalue weighted by Crippen LogP contribution is 2.44. The lowest BCUT2D eigenvalue weighted by Crippen LogP contribution is -2.49. The number of carbonyl (C=O) groups is 1. The first-order chi connectivity index (χ1) is 11.7. The van der Waals surface area contributed by atoms with Gasteiger partial charge in [-0.05, 0) is 47.2 Å². The third-order valence-corrected chi connectivity index (χ3v) is 5.37. The average Bonchev–Trinajstić information content (AvgIpc) is 2.99. The van der Waals surface area contributed by atoms with Crippen molar-refractivity contribution in [3.8, 4) is 0 Å². The van der Waals surface area contributed by atoms with Crippen molar-refractivity contribution in [3.05, 3.63) is 70.5 Å². The Kier molecular flexibility index (Phi) is 3.85. The molecule has 2 N–H and O–H groups in total. The van der Waals surface area contributed by atoms with Crippen LogP contribution in [0.2, 0.25) is 0 Å². The quantitative estimate of drug-likeness (QED) is 0.907. The predicted molar refractivity (Wildman–Crippen MR) is 90.8 cm³/mol. The molecule has 0 aromatic heterocycles. The van der Waals surface area contributed by atoms with Gasteiger partial charge in [-0.2, -0.15) is 0 Å². The second-order valence-corrected chi connectivity index (χ2v) is 6.84. The molecule has 1 aliphatic carbocycles. The molecule has 2 aliphatic rings. The Labute approximate surface area is 141 Å². The summed E-state index contributed by atoms with van der Waals surface area (Å²) in [6, 6.07) is 12.8. The van der Waals surface area contributed by atoms with E-state index in [4.69, 9.17) is 0 Å². The molecule has 1 amide bonds. The van der Waals surface area contributed by atoms with Gasteiger partial charge >= 0.3 is 0 Å². The van der Waals surface area contributed by atoms with E-state index in [1.165, 1.54) is 23.3 Å². The van der Waals surface area contributed by atoms with Gasteiger partial charge in [0.05, 0.1) is 5.41 Å². The third kappa shape index (κ3) is 2.61. The Morgan fingerprint density at radius 3 is 2.71 bits per heavy atom. The Morgan fingerprint density at radius 2 is 1.96 bits per heavy atom. The number of halogens is 1. The minimum absolute atomic E-state index is 0.0120. The van der Waals surface area contributed by atoms with Gasteiger partial charge in [0.15, 0.2) is 0 Å². The lowest BCUT2D eigenvalue weighted by atomic mass is 9.64. The molecule has 0 bridgehead atoms. The average molecular weight is 324 g/mol. The zero-order chi connectivity index (χ0) is 16.6. The van der Waals surface area contributed by atoms with Crippen molar-refractivity contribution < 1.29 is 9.18 Å². The largest absolute Gasteiger partial charge is 0.351 e. The van der Waals surface area contributed by atoms with Crippen molar-refractivity contribution >= 4 is 5.91 Å². The number of hydrogen-bond donors (Lipinski definition) is 2. The van der Waals surface area contributed by atoms with E-state index in [0.717, 1.165) is 43.5 Å². The second-order valence-electron chi connectivity index (χ2n) is 6.84. The predicted octanol–water partition coefficient (Wildman–Crippen LogP) is 3.17. The molecule has 4 rings (SSSR count). The van der Waals surface area contributed by atoms with Crippen molar-refractivity contribution in [2.24, 2.45) is 0 Å². The summed E-state index contributed by atoms with van der Waals surface area (Å²) in [5.41, 5.74) is 4.00. The maximum atomic E-state index is 13.6. The molecule has 1 aliphatic heterocycles. The lowest BCUT2D eigenvalue weighted by molar-refractivity contribution is -0.130. The number of fused-ring (bicyclic) bond motifs is 1. The van der Waals surface area contributed by atoms with Crippen LogP contribution in [0.3, 0.4) is 0 Å². The van der Waals surface area contributed by atoms with Crippen LogP contribution in [0.15, 0.2) is 42.5 Å². The topological polar surface area (TPSA) is 41.1 Å². The molecule has 24 heavy (non-hydrogen) atoms. The first-order valence-electron chi connectivity index (χ1n) is 8.53. The van der Waals surface area contributed by atoms with Crippen LogP contribution in [-0.4, -0.2) is 5.91 Å². The Balaban J connectivity index is 1.49. The van der Waals surface area contributed by atoms with Gasteiger partial charge in [-0.15, -0.1) is 0 Å². The summed E-state index contributed by atoms with van der Waals surface area (Å²) in [7, 11) is 0. The summed E-state index contributed by atoms with van der Waals surface area (Å²) < 4.78 is 13.6. The summed E-state index contributed by atoms with van der Waals surface area (Å²) in [5, 5.41) is 6.40. The number of nitrogens with one attached hydrogen (secondary N) is 2. The Bertz CT molecular complexity index is 783. The zero-order valence-corrected chi connectivity index (χ0v) is 13.6. The van der Waals surface area contributed by atoms with Gasteiger partial charge < -0.3 is 10.6 Å². The van der Waals surface area contributed by atoms with E-state index in [1.54, 1.807) is 6.07 Å². The maximum absolute atomic E-state index is 13.6. The summed E-state index contributed by atoms with van der Waals surface area (Å²) in [6.07, 6.45) is 2.58. The van der Waals surface area contributed by atoms with Crippen molar-refractivity contribution in [3.63, 3.8) is 0 Å². The SMILES string of the molecule is O=C(NCc1ccc2c(c1)CNC2)C1(c2cccc(F)c2)CCC1.